The zero-order valence-corrected chi connectivity index (χ0v) is 15.5. The molecule has 0 saturated heterocycles. The molecule has 0 fully saturated rings. The van der Waals surface area contributed by atoms with E-state index < -0.39 is 0 Å². The smallest absolute Gasteiger partial charge is 0.0945 e. The number of halogens is 2. The van der Waals surface area contributed by atoms with Crippen molar-refractivity contribution >= 4 is 31.9 Å². The number of hydrogen-bond acceptors (Lipinski definition) is 3. The highest BCUT2D eigenvalue weighted by Crippen LogP contribution is 2.31. The van der Waals surface area contributed by atoms with Crippen molar-refractivity contribution in [1.82, 2.24) is 20.1 Å². The number of hydrogen-bond donors (Lipinski definition) is 1. The summed E-state index contributed by atoms with van der Waals surface area (Å²) in [5.41, 5.74) is 2.12. The summed E-state index contributed by atoms with van der Waals surface area (Å²) >= 11 is 7.25. The largest absolute Gasteiger partial charge is 0.304 e. The fraction of sp³-hybridized carbons (Fsp3) is 0.467. The van der Waals surface area contributed by atoms with E-state index in [2.05, 4.69) is 65.8 Å². The van der Waals surface area contributed by atoms with Gasteiger partial charge in [0.15, 0.2) is 0 Å². The minimum absolute atomic E-state index is 0.0175. The van der Waals surface area contributed by atoms with Crippen LogP contribution < -0.4 is 5.32 Å². The number of aryl methyl sites for hydroxylation is 1. The zero-order chi connectivity index (χ0) is 15.2. The maximum absolute atomic E-state index is 4.56. The molecule has 2 aromatic rings. The third-order valence-electron chi connectivity index (χ3n) is 3.20. The Hall–Kier alpha value is -0.720. The molecule has 2 aromatic heterocycles. The van der Waals surface area contributed by atoms with Crippen molar-refractivity contribution in [2.75, 3.05) is 6.54 Å². The number of pyridine rings is 1. The summed E-state index contributed by atoms with van der Waals surface area (Å²) in [6.45, 7) is 6.15. The molecule has 114 valence electrons. The van der Waals surface area contributed by atoms with Crippen LogP contribution >= 0.6 is 31.9 Å². The maximum atomic E-state index is 4.56. The fourth-order valence-electron chi connectivity index (χ4n) is 2.27. The lowest BCUT2D eigenvalue weighted by Gasteiger charge is -2.21. The van der Waals surface area contributed by atoms with Crippen molar-refractivity contribution in [3.63, 3.8) is 0 Å². The van der Waals surface area contributed by atoms with Crippen LogP contribution in [0, 0.1) is 0 Å². The lowest BCUT2D eigenvalue weighted by atomic mass is 10.1. The van der Waals surface area contributed by atoms with Crippen LogP contribution in [-0.2, 0) is 6.54 Å². The van der Waals surface area contributed by atoms with E-state index in [-0.39, 0.29) is 6.04 Å². The normalized spacial score (nSPS) is 12.6. The predicted octanol–water partition coefficient (Wildman–Crippen LogP) is 4.30. The summed E-state index contributed by atoms with van der Waals surface area (Å²) < 4.78 is 4.08. The van der Waals surface area contributed by atoms with E-state index in [0.717, 1.165) is 46.3 Å². The lowest BCUT2D eigenvalue weighted by molar-refractivity contribution is 0.503. The summed E-state index contributed by atoms with van der Waals surface area (Å²) in [6.07, 6.45) is 5.81. The summed E-state index contributed by atoms with van der Waals surface area (Å²) in [6, 6.07) is 3.98. The molecule has 2 heterocycles. The molecule has 0 aliphatic rings. The third-order valence-corrected chi connectivity index (χ3v) is 4.48. The van der Waals surface area contributed by atoms with E-state index in [9.17, 15) is 0 Å². The molecule has 0 aromatic carbocycles. The first-order valence-corrected chi connectivity index (χ1v) is 8.82. The van der Waals surface area contributed by atoms with Crippen molar-refractivity contribution < 1.29 is 0 Å². The second-order valence-electron chi connectivity index (χ2n) is 4.86. The minimum Gasteiger partial charge on any atom is -0.304 e. The highest BCUT2D eigenvalue weighted by Gasteiger charge is 2.24. The molecule has 2 rings (SSSR count). The Morgan fingerprint density at radius 3 is 2.71 bits per heavy atom. The summed E-state index contributed by atoms with van der Waals surface area (Å²) in [7, 11) is 0. The number of nitrogens with one attached hydrogen (secondary N) is 1. The van der Waals surface area contributed by atoms with Crippen LogP contribution in [0.25, 0.3) is 0 Å². The fourth-order valence-corrected chi connectivity index (χ4v) is 3.28. The van der Waals surface area contributed by atoms with Gasteiger partial charge >= 0.3 is 0 Å². The van der Waals surface area contributed by atoms with Gasteiger partial charge in [0, 0.05) is 17.2 Å². The van der Waals surface area contributed by atoms with Gasteiger partial charge in [-0.1, -0.05) is 13.8 Å². The maximum Gasteiger partial charge on any atom is 0.0945 e. The predicted molar refractivity (Wildman–Crippen MR) is 92.3 cm³/mol. The molecule has 0 aliphatic carbocycles. The molecule has 0 aliphatic heterocycles. The number of rotatable bonds is 7. The van der Waals surface area contributed by atoms with Crippen molar-refractivity contribution in [2.45, 2.75) is 39.3 Å². The van der Waals surface area contributed by atoms with Crippen LogP contribution in [0.2, 0.25) is 0 Å². The van der Waals surface area contributed by atoms with Gasteiger partial charge in [-0.15, -0.1) is 0 Å². The van der Waals surface area contributed by atoms with Gasteiger partial charge in [0.05, 0.1) is 28.1 Å². The van der Waals surface area contributed by atoms with E-state index in [1.807, 2.05) is 24.5 Å². The molecule has 1 unspecified atom stereocenters. The molecule has 0 bridgehead atoms. The second kappa shape index (κ2) is 8.06. The quantitative estimate of drug-likeness (QED) is 0.732. The van der Waals surface area contributed by atoms with Gasteiger partial charge < -0.3 is 5.32 Å². The Morgan fingerprint density at radius 2 is 2.05 bits per heavy atom. The minimum atomic E-state index is 0.0175. The molecule has 0 radical (unpaired) electrons. The van der Waals surface area contributed by atoms with Crippen molar-refractivity contribution in [3.05, 3.63) is 44.9 Å². The van der Waals surface area contributed by atoms with Crippen LogP contribution in [0.15, 0.2) is 33.5 Å². The summed E-state index contributed by atoms with van der Waals surface area (Å²) in [5.74, 6) is 0. The highest BCUT2D eigenvalue weighted by atomic mass is 79.9. The molecule has 0 saturated carbocycles. The first-order chi connectivity index (χ1) is 10.2. The molecule has 6 heteroatoms. The van der Waals surface area contributed by atoms with Crippen LogP contribution in [0.1, 0.15) is 44.1 Å². The van der Waals surface area contributed by atoms with Crippen LogP contribution in [0.5, 0.6) is 0 Å². The first kappa shape index (κ1) is 16.6. The zero-order valence-electron chi connectivity index (χ0n) is 12.3. The van der Waals surface area contributed by atoms with E-state index >= 15 is 0 Å². The number of nitrogens with zero attached hydrogens (tertiary/aromatic N) is 3. The molecule has 0 spiro atoms. The molecule has 4 nitrogen and oxygen atoms in total. The van der Waals surface area contributed by atoms with E-state index in [1.165, 1.54) is 0 Å². The van der Waals surface area contributed by atoms with Gasteiger partial charge in [-0.25, -0.2) is 0 Å². The molecular formula is C15H20Br2N4. The lowest BCUT2D eigenvalue weighted by Crippen LogP contribution is -2.27. The molecule has 0 amide bonds. The van der Waals surface area contributed by atoms with Gasteiger partial charge in [0.1, 0.15) is 0 Å². The van der Waals surface area contributed by atoms with Gasteiger partial charge in [-0.2, -0.15) is 5.10 Å². The van der Waals surface area contributed by atoms with E-state index in [1.54, 1.807) is 0 Å². The molecular weight excluding hydrogens is 396 g/mol. The average molecular weight is 416 g/mol. The summed E-state index contributed by atoms with van der Waals surface area (Å²) in [4.78, 5) is 4.56. The van der Waals surface area contributed by atoms with Crippen molar-refractivity contribution in [3.8, 4) is 0 Å². The van der Waals surface area contributed by atoms with Gasteiger partial charge in [-0.3, -0.25) is 9.67 Å². The Bertz CT molecular complexity index is 583. The van der Waals surface area contributed by atoms with Crippen LogP contribution in [0.3, 0.4) is 0 Å². The van der Waals surface area contributed by atoms with Crippen LogP contribution in [-0.4, -0.2) is 21.3 Å². The summed E-state index contributed by atoms with van der Waals surface area (Å²) in [5, 5.41) is 8.06. The van der Waals surface area contributed by atoms with Gasteiger partial charge in [0.2, 0.25) is 0 Å². The van der Waals surface area contributed by atoms with Crippen molar-refractivity contribution in [1.29, 1.82) is 0 Å². The standard InChI is InChI=1S/C15H20Br2N4/c1-3-7-18-14(13-11(16)6-5-8-19-13)15-12(17)10-20-21(15)9-4-2/h5-6,8,10,14,18H,3-4,7,9H2,1-2H3. The molecule has 1 N–H and O–H groups in total. The molecule has 1 atom stereocenters. The second-order valence-corrected chi connectivity index (χ2v) is 6.57. The van der Waals surface area contributed by atoms with Crippen molar-refractivity contribution in [2.24, 2.45) is 0 Å². The van der Waals surface area contributed by atoms with Gasteiger partial charge in [-0.05, 0) is 63.4 Å². The van der Waals surface area contributed by atoms with E-state index in [0.29, 0.717) is 0 Å². The van der Waals surface area contributed by atoms with Gasteiger partial charge in [0.25, 0.3) is 0 Å². The molecule has 21 heavy (non-hydrogen) atoms. The number of aromatic nitrogens is 3. The monoisotopic (exact) mass is 414 g/mol. The highest BCUT2D eigenvalue weighted by molar-refractivity contribution is 9.10. The van der Waals surface area contributed by atoms with Crippen LogP contribution in [0.4, 0.5) is 0 Å². The Labute approximate surface area is 142 Å². The average Bonchev–Trinajstić information content (AvgIpc) is 2.83. The Morgan fingerprint density at radius 1 is 1.24 bits per heavy atom. The topological polar surface area (TPSA) is 42.7 Å². The van der Waals surface area contributed by atoms with E-state index in [4.69, 9.17) is 0 Å². The Balaban J connectivity index is 2.45. The Kier molecular flexibility index (Phi) is 6.39. The third kappa shape index (κ3) is 3.93. The SMILES string of the molecule is CCCNC(c1ncccc1Br)c1c(Br)cnn1CCC. The first-order valence-electron chi connectivity index (χ1n) is 7.24.